The predicted octanol–water partition coefficient (Wildman–Crippen LogP) is 4.60. The Morgan fingerprint density at radius 1 is 0.676 bits per heavy atom. The Labute approximate surface area is 202 Å². The number of hydrogen-bond donors (Lipinski definition) is 2. The van der Waals surface area contributed by atoms with Crippen LogP contribution in [-0.2, 0) is 32.3 Å². The molecular weight excluding hydrogens is 432 g/mol. The van der Waals surface area contributed by atoms with Crippen LogP contribution >= 0.6 is 0 Å². The van der Waals surface area contributed by atoms with Crippen LogP contribution in [0.4, 0.5) is 4.79 Å². The molecule has 0 saturated heterocycles. The molecule has 2 aromatic rings. The zero-order valence-electron chi connectivity index (χ0n) is 20.5. The van der Waals surface area contributed by atoms with Crippen molar-refractivity contribution in [1.82, 2.24) is 10.6 Å². The van der Waals surface area contributed by atoms with Gasteiger partial charge in [-0.3, -0.25) is 4.79 Å². The van der Waals surface area contributed by atoms with Crippen molar-refractivity contribution >= 4 is 18.0 Å². The number of esters is 1. The van der Waals surface area contributed by atoms with Gasteiger partial charge >= 0.3 is 12.1 Å². The van der Waals surface area contributed by atoms with Gasteiger partial charge in [0.1, 0.15) is 25.3 Å². The van der Waals surface area contributed by atoms with E-state index in [2.05, 4.69) is 10.6 Å². The average molecular weight is 469 g/mol. The first-order chi connectivity index (χ1) is 16.2. The molecule has 0 aromatic heterocycles. The summed E-state index contributed by atoms with van der Waals surface area (Å²) in [5, 5.41) is 5.43. The third kappa shape index (κ3) is 10.1. The number of alkyl carbamates (subject to hydrolysis) is 1. The van der Waals surface area contributed by atoms with Crippen LogP contribution in [0.15, 0.2) is 60.7 Å². The van der Waals surface area contributed by atoms with Gasteiger partial charge in [0, 0.05) is 0 Å². The summed E-state index contributed by atoms with van der Waals surface area (Å²) in [6.45, 7) is 8.07. The Bertz CT molecular complexity index is 900. The fourth-order valence-corrected chi connectivity index (χ4v) is 3.40. The second kappa shape index (κ2) is 14.0. The van der Waals surface area contributed by atoms with Gasteiger partial charge in [0.2, 0.25) is 5.91 Å². The van der Waals surface area contributed by atoms with Gasteiger partial charge in [0.25, 0.3) is 0 Å². The van der Waals surface area contributed by atoms with E-state index in [1.54, 1.807) is 0 Å². The molecule has 2 atom stereocenters. The van der Waals surface area contributed by atoms with Crippen molar-refractivity contribution in [2.75, 3.05) is 0 Å². The van der Waals surface area contributed by atoms with Crippen LogP contribution in [0.5, 0.6) is 0 Å². The lowest BCUT2D eigenvalue weighted by Crippen LogP contribution is -2.52. The molecule has 2 amide bonds. The first-order valence-corrected chi connectivity index (χ1v) is 11.7. The Balaban J connectivity index is 1.99. The van der Waals surface area contributed by atoms with Gasteiger partial charge in [-0.25, -0.2) is 9.59 Å². The molecule has 2 N–H and O–H groups in total. The molecule has 0 aliphatic carbocycles. The van der Waals surface area contributed by atoms with Crippen LogP contribution in [0.2, 0.25) is 0 Å². The molecule has 34 heavy (non-hydrogen) atoms. The van der Waals surface area contributed by atoms with E-state index in [0.717, 1.165) is 11.1 Å². The number of carbonyl (C=O) groups is 3. The van der Waals surface area contributed by atoms with Gasteiger partial charge in [-0.1, -0.05) is 88.4 Å². The highest BCUT2D eigenvalue weighted by molar-refractivity contribution is 5.89. The maximum absolute atomic E-state index is 13.1. The van der Waals surface area contributed by atoms with Gasteiger partial charge in [-0.05, 0) is 35.8 Å². The Kier molecular flexibility index (Phi) is 11.1. The van der Waals surface area contributed by atoms with Crippen molar-refractivity contribution in [2.24, 2.45) is 11.8 Å². The largest absolute Gasteiger partial charge is 0.459 e. The average Bonchev–Trinajstić information content (AvgIpc) is 2.81. The summed E-state index contributed by atoms with van der Waals surface area (Å²) in [5.74, 6) is -0.644. The van der Waals surface area contributed by atoms with Crippen LogP contribution < -0.4 is 10.6 Å². The third-order valence-corrected chi connectivity index (χ3v) is 5.06. The van der Waals surface area contributed by atoms with Crippen LogP contribution in [-0.4, -0.2) is 30.1 Å². The molecule has 0 radical (unpaired) electrons. The number of benzene rings is 2. The van der Waals surface area contributed by atoms with Gasteiger partial charge in [-0.2, -0.15) is 0 Å². The number of rotatable bonds is 12. The molecule has 0 spiro atoms. The topological polar surface area (TPSA) is 93.7 Å². The van der Waals surface area contributed by atoms with Crippen molar-refractivity contribution in [3.8, 4) is 0 Å². The molecule has 7 heteroatoms. The summed E-state index contributed by atoms with van der Waals surface area (Å²) in [4.78, 5) is 38.2. The molecular formula is C27H36N2O5. The number of amides is 2. The number of ether oxygens (including phenoxy) is 2. The lowest BCUT2D eigenvalue weighted by molar-refractivity contribution is -0.149. The summed E-state index contributed by atoms with van der Waals surface area (Å²) >= 11 is 0. The Hall–Kier alpha value is -3.35. The molecule has 2 aromatic carbocycles. The monoisotopic (exact) mass is 468 g/mol. The van der Waals surface area contributed by atoms with Gasteiger partial charge in [0.05, 0.1) is 0 Å². The molecule has 2 rings (SSSR count). The van der Waals surface area contributed by atoms with Crippen LogP contribution in [0.25, 0.3) is 0 Å². The fraction of sp³-hybridized carbons (Fsp3) is 0.444. The van der Waals surface area contributed by atoms with E-state index in [4.69, 9.17) is 9.47 Å². The predicted molar refractivity (Wildman–Crippen MR) is 131 cm³/mol. The second-order valence-corrected chi connectivity index (χ2v) is 9.17. The molecule has 0 heterocycles. The molecule has 7 nitrogen and oxygen atoms in total. The lowest BCUT2D eigenvalue weighted by Gasteiger charge is -2.24. The summed E-state index contributed by atoms with van der Waals surface area (Å²) in [6.07, 6.45) is 0.142. The molecule has 0 saturated carbocycles. The molecule has 0 fully saturated rings. The van der Waals surface area contributed by atoms with Crippen LogP contribution in [0, 0.1) is 11.8 Å². The Morgan fingerprint density at radius 3 is 1.65 bits per heavy atom. The third-order valence-electron chi connectivity index (χ3n) is 5.06. The van der Waals surface area contributed by atoms with Crippen molar-refractivity contribution in [1.29, 1.82) is 0 Å². The van der Waals surface area contributed by atoms with Crippen molar-refractivity contribution in [3.05, 3.63) is 71.8 Å². The van der Waals surface area contributed by atoms with E-state index in [0.29, 0.717) is 12.8 Å². The second-order valence-electron chi connectivity index (χ2n) is 9.17. The summed E-state index contributed by atoms with van der Waals surface area (Å²) in [6, 6.07) is 17.0. The molecule has 0 bridgehead atoms. The van der Waals surface area contributed by atoms with Gasteiger partial charge < -0.3 is 20.1 Å². The highest BCUT2D eigenvalue weighted by Crippen LogP contribution is 2.11. The van der Waals surface area contributed by atoms with Crippen molar-refractivity contribution in [3.63, 3.8) is 0 Å². The van der Waals surface area contributed by atoms with E-state index in [-0.39, 0.29) is 25.0 Å². The zero-order valence-corrected chi connectivity index (χ0v) is 20.5. The molecule has 184 valence electrons. The van der Waals surface area contributed by atoms with Gasteiger partial charge in [-0.15, -0.1) is 0 Å². The van der Waals surface area contributed by atoms with Crippen LogP contribution in [0.1, 0.15) is 51.7 Å². The van der Waals surface area contributed by atoms with Crippen molar-refractivity contribution < 1.29 is 23.9 Å². The molecule has 0 aliphatic rings. The summed E-state index contributed by atoms with van der Waals surface area (Å²) in [7, 11) is 0. The van der Waals surface area contributed by atoms with E-state index in [1.165, 1.54) is 0 Å². The number of hydrogen-bond acceptors (Lipinski definition) is 5. The minimum absolute atomic E-state index is 0.102. The smallest absolute Gasteiger partial charge is 0.408 e. The van der Waals surface area contributed by atoms with Crippen LogP contribution in [0.3, 0.4) is 0 Å². The number of carbonyl (C=O) groups excluding carboxylic acids is 3. The summed E-state index contributed by atoms with van der Waals surface area (Å²) < 4.78 is 10.7. The number of nitrogens with one attached hydrogen (secondary N) is 2. The minimum Gasteiger partial charge on any atom is -0.459 e. The highest BCUT2D eigenvalue weighted by atomic mass is 16.5. The zero-order chi connectivity index (χ0) is 24.9. The minimum atomic E-state index is -0.833. The maximum Gasteiger partial charge on any atom is 0.408 e. The summed E-state index contributed by atoms with van der Waals surface area (Å²) in [5.41, 5.74) is 1.71. The van der Waals surface area contributed by atoms with Crippen molar-refractivity contribution in [2.45, 2.75) is 65.8 Å². The quantitative estimate of drug-likeness (QED) is 0.444. The molecule has 0 unspecified atom stereocenters. The maximum atomic E-state index is 13.1. The van der Waals surface area contributed by atoms with E-state index in [9.17, 15) is 14.4 Å². The first-order valence-electron chi connectivity index (χ1n) is 11.7. The Morgan fingerprint density at radius 2 is 1.15 bits per heavy atom. The SMILES string of the molecule is CC(C)C[C@@H](NC(=O)OCc1ccccc1)C(=O)N[C@H](CC(C)C)C(=O)OCc1ccccc1. The normalized spacial score (nSPS) is 12.6. The van der Waals surface area contributed by atoms with E-state index in [1.807, 2.05) is 88.4 Å². The standard InChI is InChI=1S/C27H36N2O5/c1-19(2)15-23(29-27(32)34-18-22-13-9-6-10-14-22)25(30)28-24(16-20(3)4)26(31)33-17-21-11-7-5-8-12-21/h5-14,19-20,23-24H,15-18H2,1-4H3,(H,28,30)(H,29,32)/t23-,24-/m1/s1. The van der Waals surface area contributed by atoms with E-state index < -0.39 is 30.1 Å². The first kappa shape index (κ1) is 26.9. The molecule has 0 aliphatic heterocycles. The highest BCUT2D eigenvalue weighted by Gasteiger charge is 2.29. The fourth-order valence-electron chi connectivity index (χ4n) is 3.40. The van der Waals surface area contributed by atoms with E-state index >= 15 is 0 Å². The van der Waals surface area contributed by atoms with Gasteiger partial charge in [0.15, 0.2) is 0 Å². The lowest BCUT2D eigenvalue weighted by atomic mass is 10.0.